The van der Waals surface area contributed by atoms with Crippen LogP contribution in [0.5, 0.6) is 0 Å². The summed E-state index contributed by atoms with van der Waals surface area (Å²) < 4.78 is 0. The highest BCUT2D eigenvalue weighted by atomic mass is 15.1. The Hall–Kier alpha value is -1.55. The molecule has 1 heterocycles. The summed E-state index contributed by atoms with van der Waals surface area (Å²) in [4.78, 5) is 0. The minimum atomic E-state index is 0.0812. The van der Waals surface area contributed by atoms with Gasteiger partial charge in [-0.2, -0.15) is 0 Å². The van der Waals surface area contributed by atoms with Crippen molar-refractivity contribution in [3.63, 3.8) is 0 Å². The van der Waals surface area contributed by atoms with E-state index in [2.05, 4.69) is 46.5 Å². The highest BCUT2D eigenvalue weighted by Crippen LogP contribution is 1.91. The fourth-order valence-electron chi connectivity index (χ4n) is 2.09. The van der Waals surface area contributed by atoms with Gasteiger partial charge in [0.15, 0.2) is 0 Å². The van der Waals surface area contributed by atoms with Crippen molar-refractivity contribution in [1.29, 1.82) is 0 Å². The van der Waals surface area contributed by atoms with Crippen molar-refractivity contribution >= 4 is 24.9 Å². The van der Waals surface area contributed by atoms with E-state index in [1.807, 2.05) is 36.4 Å². The van der Waals surface area contributed by atoms with Crippen molar-refractivity contribution < 1.29 is 0 Å². The molecule has 0 saturated carbocycles. The van der Waals surface area contributed by atoms with E-state index in [1.165, 1.54) is 10.9 Å². The second-order valence-corrected chi connectivity index (χ2v) is 4.27. The molecular weight excluding hydrogens is 220 g/mol. The molecular formula is C13H13B2N3. The Morgan fingerprint density at radius 3 is 1.56 bits per heavy atom. The summed E-state index contributed by atoms with van der Waals surface area (Å²) >= 11 is 0. The van der Waals surface area contributed by atoms with Crippen LogP contribution >= 0.6 is 0 Å². The summed E-state index contributed by atoms with van der Waals surface area (Å²) in [5.41, 5.74) is 2.40. The molecule has 0 atom stereocenters. The van der Waals surface area contributed by atoms with Crippen LogP contribution in [0.1, 0.15) is 0 Å². The van der Waals surface area contributed by atoms with Gasteiger partial charge in [0.2, 0.25) is 0 Å². The first-order valence-electron chi connectivity index (χ1n) is 6.05. The fourth-order valence-corrected chi connectivity index (χ4v) is 2.09. The minimum absolute atomic E-state index is 0.0812. The standard InChI is InChI=1S/C13H13B2N3/c1-3-7-12(8-4-1)14-16-11-17-15(18-14)13-9-5-2-6-10-13/h1-10,16-18H. The summed E-state index contributed by atoms with van der Waals surface area (Å²) in [6.07, 6.45) is 0. The number of rotatable bonds is 2. The van der Waals surface area contributed by atoms with E-state index < -0.39 is 0 Å². The molecule has 3 N–H and O–H groups in total. The highest BCUT2D eigenvalue weighted by Gasteiger charge is 2.29. The average Bonchev–Trinajstić information content (AvgIpc) is 2.49. The van der Waals surface area contributed by atoms with Crippen LogP contribution in [0, 0.1) is 6.67 Å². The lowest BCUT2D eigenvalue weighted by atomic mass is 9.55. The quantitative estimate of drug-likeness (QED) is 0.615. The van der Waals surface area contributed by atoms with Gasteiger partial charge in [0, 0.05) is 0 Å². The van der Waals surface area contributed by atoms with Crippen LogP contribution in [0.2, 0.25) is 0 Å². The van der Waals surface area contributed by atoms with Crippen LogP contribution in [-0.4, -0.2) is 14.0 Å². The Morgan fingerprint density at radius 1 is 0.667 bits per heavy atom. The second kappa shape index (κ2) is 5.40. The molecule has 18 heavy (non-hydrogen) atoms. The van der Waals surface area contributed by atoms with E-state index in [0.717, 1.165) is 0 Å². The molecule has 2 aromatic rings. The Kier molecular flexibility index (Phi) is 3.46. The molecule has 86 valence electrons. The van der Waals surface area contributed by atoms with Crippen molar-refractivity contribution in [3.8, 4) is 0 Å². The molecule has 0 aromatic heterocycles. The molecule has 3 nitrogen and oxygen atoms in total. The van der Waals surface area contributed by atoms with Gasteiger partial charge in [-0.15, -0.1) is 0 Å². The Morgan fingerprint density at radius 2 is 1.11 bits per heavy atom. The molecule has 5 heteroatoms. The van der Waals surface area contributed by atoms with E-state index in [9.17, 15) is 0 Å². The smallest absolute Gasteiger partial charge is 0.332 e. The first-order valence-corrected chi connectivity index (χ1v) is 6.05. The topological polar surface area (TPSA) is 36.1 Å². The zero-order chi connectivity index (χ0) is 12.2. The van der Waals surface area contributed by atoms with Gasteiger partial charge >= 0.3 is 14.0 Å². The van der Waals surface area contributed by atoms with Crippen LogP contribution in [0.3, 0.4) is 0 Å². The largest absolute Gasteiger partial charge is 0.362 e. The van der Waals surface area contributed by atoms with Crippen LogP contribution in [0.15, 0.2) is 60.7 Å². The molecule has 3 rings (SSSR count). The molecule has 0 unspecified atom stereocenters. The van der Waals surface area contributed by atoms with Crippen molar-refractivity contribution in [2.45, 2.75) is 0 Å². The third-order valence-electron chi connectivity index (χ3n) is 3.03. The maximum Gasteiger partial charge on any atom is 0.332 e. The van der Waals surface area contributed by atoms with Crippen molar-refractivity contribution in [2.75, 3.05) is 0 Å². The molecule has 1 fully saturated rings. The van der Waals surface area contributed by atoms with Gasteiger partial charge in [-0.25, -0.2) is 0 Å². The summed E-state index contributed by atoms with van der Waals surface area (Å²) in [5.74, 6) is 0. The van der Waals surface area contributed by atoms with Crippen molar-refractivity contribution in [1.82, 2.24) is 15.6 Å². The molecule has 2 radical (unpaired) electrons. The molecule has 0 bridgehead atoms. The maximum absolute atomic E-state index is 3.50. The van der Waals surface area contributed by atoms with Crippen molar-refractivity contribution in [3.05, 3.63) is 67.3 Å². The van der Waals surface area contributed by atoms with Gasteiger partial charge < -0.3 is 15.6 Å². The minimum Gasteiger partial charge on any atom is -0.362 e. The highest BCUT2D eigenvalue weighted by molar-refractivity contribution is 6.85. The molecule has 0 spiro atoms. The molecule has 1 saturated heterocycles. The lowest BCUT2D eigenvalue weighted by Gasteiger charge is -2.27. The molecule has 1 aliphatic heterocycles. The van der Waals surface area contributed by atoms with Crippen LogP contribution < -0.4 is 26.5 Å². The van der Waals surface area contributed by atoms with Crippen LogP contribution in [0.25, 0.3) is 0 Å². The predicted octanol–water partition coefficient (Wildman–Crippen LogP) is -0.444. The van der Waals surface area contributed by atoms with E-state index >= 15 is 0 Å². The summed E-state index contributed by atoms with van der Waals surface area (Å²) in [6.45, 7) is 3.18. The number of benzene rings is 2. The van der Waals surface area contributed by atoms with Gasteiger partial charge in [0.1, 0.15) is 6.67 Å². The summed E-state index contributed by atoms with van der Waals surface area (Å²) in [7, 11) is 0. The van der Waals surface area contributed by atoms with Gasteiger partial charge in [-0.05, 0) is 10.9 Å². The molecule has 0 aliphatic carbocycles. The normalized spacial score (nSPS) is 15.8. The van der Waals surface area contributed by atoms with E-state index in [0.29, 0.717) is 0 Å². The first-order chi connectivity index (χ1) is 8.93. The molecule has 0 amide bonds. The second-order valence-electron chi connectivity index (χ2n) is 4.27. The average molecular weight is 233 g/mol. The zero-order valence-electron chi connectivity index (χ0n) is 9.93. The Balaban J connectivity index is 1.77. The zero-order valence-corrected chi connectivity index (χ0v) is 9.93. The molecule has 2 aromatic carbocycles. The van der Waals surface area contributed by atoms with Gasteiger partial charge in [-0.3, -0.25) is 0 Å². The Labute approximate surface area is 108 Å². The monoisotopic (exact) mass is 233 g/mol. The fraction of sp³-hybridized carbons (Fsp3) is 0. The number of nitrogens with one attached hydrogen (secondary N) is 3. The van der Waals surface area contributed by atoms with E-state index in [1.54, 1.807) is 0 Å². The number of hydrogen-bond acceptors (Lipinski definition) is 3. The van der Waals surface area contributed by atoms with Gasteiger partial charge in [0.25, 0.3) is 0 Å². The lowest BCUT2D eigenvalue weighted by Crippen LogP contribution is -2.73. The van der Waals surface area contributed by atoms with Crippen LogP contribution in [0.4, 0.5) is 0 Å². The third-order valence-corrected chi connectivity index (χ3v) is 3.03. The van der Waals surface area contributed by atoms with Gasteiger partial charge in [-0.1, -0.05) is 60.7 Å². The lowest BCUT2D eigenvalue weighted by molar-refractivity contribution is 0.944. The summed E-state index contributed by atoms with van der Waals surface area (Å²) in [6, 6.07) is 20.6. The number of hydrogen-bond donors (Lipinski definition) is 3. The summed E-state index contributed by atoms with van der Waals surface area (Å²) in [5, 5.41) is 9.83. The SMILES string of the molecule is [C]1NB(c2ccccc2)NB(c2ccccc2)N1. The van der Waals surface area contributed by atoms with Crippen LogP contribution in [-0.2, 0) is 0 Å². The van der Waals surface area contributed by atoms with E-state index in [-0.39, 0.29) is 14.0 Å². The Bertz CT molecular complexity index is 447. The van der Waals surface area contributed by atoms with Crippen molar-refractivity contribution in [2.24, 2.45) is 0 Å². The predicted molar refractivity (Wildman–Crippen MR) is 76.3 cm³/mol. The maximum atomic E-state index is 3.50. The van der Waals surface area contributed by atoms with Gasteiger partial charge in [0.05, 0.1) is 0 Å². The third kappa shape index (κ3) is 2.48. The first kappa shape index (κ1) is 11.5. The molecule has 1 aliphatic rings. The van der Waals surface area contributed by atoms with E-state index in [4.69, 9.17) is 0 Å².